The van der Waals surface area contributed by atoms with Gasteiger partial charge in [0.25, 0.3) is 5.91 Å². The van der Waals surface area contributed by atoms with E-state index in [1.165, 1.54) is 6.92 Å². The van der Waals surface area contributed by atoms with Gasteiger partial charge in [-0.3, -0.25) is 14.4 Å². The second-order valence-corrected chi connectivity index (χ2v) is 6.10. The summed E-state index contributed by atoms with van der Waals surface area (Å²) in [5, 5.41) is 2.70. The molecule has 124 valence electrons. The molecule has 0 radical (unpaired) electrons. The molecule has 0 saturated carbocycles. The van der Waals surface area contributed by atoms with Gasteiger partial charge in [0.15, 0.2) is 18.2 Å². The van der Waals surface area contributed by atoms with Crippen LogP contribution in [0, 0.1) is 0 Å². The molecule has 0 fully saturated rings. The topological polar surface area (TPSA) is 72.5 Å². The van der Waals surface area contributed by atoms with E-state index in [4.69, 9.17) is 4.74 Å². The van der Waals surface area contributed by atoms with Gasteiger partial charge in [-0.05, 0) is 56.3 Å². The van der Waals surface area contributed by atoms with E-state index in [0.29, 0.717) is 28.8 Å². The molecular weight excluding hydrogens is 374 g/mol. The summed E-state index contributed by atoms with van der Waals surface area (Å²) in [7, 11) is 0. The number of Topliss-reactive ketones (excluding diaryl/α,β-unsaturated/α-hetero) is 1. The molecular formula is C18H16BrNO4. The quantitative estimate of drug-likeness (QED) is 0.601. The van der Waals surface area contributed by atoms with Crippen LogP contribution in [0.15, 0.2) is 46.9 Å². The van der Waals surface area contributed by atoms with Gasteiger partial charge in [-0.15, -0.1) is 0 Å². The van der Waals surface area contributed by atoms with Gasteiger partial charge in [-0.2, -0.15) is 0 Å². The van der Waals surface area contributed by atoms with Gasteiger partial charge in [0.1, 0.15) is 5.75 Å². The van der Waals surface area contributed by atoms with Crippen molar-refractivity contribution in [1.82, 2.24) is 0 Å². The highest BCUT2D eigenvalue weighted by Crippen LogP contribution is 2.23. The molecule has 0 spiro atoms. The van der Waals surface area contributed by atoms with Crippen molar-refractivity contribution in [2.75, 3.05) is 5.32 Å². The maximum absolute atomic E-state index is 12.2. The van der Waals surface area contributed by atoms with Crippen molar-refractivity contribution in [2.24, 2.45) is 0 Å². The summed E-state index contributed by atoms with van der Waals surface area (Å²) in [5.74, 6) is -0.0608. The largest absolute Gasteiger partial charge is 0.480 e. The average Bonchev–Trinajstić information content (AvgIpc) is 2.56. The van der Waals surface area contributed by atoms with Crippen LogP contribution in [-0.2, 0) is 4.79 Å². The number of amides is 1. The first-order valence-corrected chi connectivity index (χ1v) is 8.03. The normalized spacial score (nSPS) is 11.5. The summed E-state index contributed by atoms with van der Waals surface area (Å²) in [5.41, 5.74) is 1.49. The summed E-state index contributed by atoms with van der Waals surface area (Å²) < 4.78 is 6.32. The monoisotopic (exact) mass is 389 g/mol. The van der Waals surface area contributed by atoms with Crippen molar-refractivity contribution in [2.45, 2.75) is 20.0 Å². The van der Waals surface area contributed by atoms with Crippen molar-refractivity contribution in [3.63, 3.8) is 0 Å². The van der Waals surface area contributed by atoms with Gasteiger partial charge >= 0.3 is 0 Å². The maximum atomic E-state index is 12.2. The predicted octanol–water partition coefficient (Wildman–Crippen LogP) is 3.87. The lowest BCUT2D eigenvalue weighted by atomic mass is 10.1. The number of carbonyl (C=O) groups is 3. The number of halogens is 1. The van der Waals surface area contributed by atoms with Gasteiger partial charge in [-0.25, -0.2) is 0 Å². The number of benzene rings is 2. The fourth-order valence-corrected chi connectivity index (χ4v) is 2.37. The van der Waals surface area contributed by atoms with E-state index in [1.54, 1.807) is 49.4 Å². The van der Waals surface area contributed by atoms with Gasteiger partial charge in [0.05, 0.1) is 5.56 Å². The Hall–Kier alpha value is -2.47. The third-order valence-corrected chi connectivity index (χ3v) is 3.82. The first kappa shape index (κ1) is 17.9. The number of aldehydes is 1. The van der Waals surface area contributed by atoms with Crippen LogP contribution in [0.3, 0.4) is 0 Å². The van der Waals surface area contributed by atoms with Crippen LogP contribution in [0.2, 0.25) is 0 Å². The van der Waals surface area contributed by atoms with E-state index in [-0.39, 0.29) is 11.7 Å². The Morgan fingerprint density at radius 2 is 1.83 bits per heavy atom. The smallest absolute Gasteiger partial charge is 0.265 e. The van der Waals surface area contributed by atoms with Crippen LogP contribution in [-0.4, -0.2) is 24.1 Å². The number of anilines is 1. The maximum Gasteiger partial charge on any atom is 0.265 e. The Labute approximate surface area is 148 Å². The third kappa shape index (κ3) is 4.52. The molecule has 1 amide bonds. The van der Waals surface area contributed by atoms with Gasteiger partial charge in [0, 0.05) is 15.7 Å². The molecule has 0 aliphatic rings. The lowest BCUT2D eigenvalue weighted by molar-refractivity contribution is -0.122. The molecule has 0 heterocycles. The van der Waals surface area contributed by atoms with Crippen molar-refractivity contribution in [1.29, 1.82) is 0 Å². The summed E-state index contributed by atoms with van der Waals surface area (Å²) in [6, 6.07) is 11.6. The minimum absolute atomic E-state index is 0.0405. The highest BCUT2D eigenvalue weighted by molar-refractivity contribution is 9.10. The van der Waals surface area contributed by atoms with Crippen molar-refractivity contribution in [3.05, 3.63) is 58.1 Å². The lowest BCUT2D eigenvalue weighted by Gasteiger charge is -2.16. The van der Waals surface area contributed by atoms with Gasteiger partial charge in [-0.1, -0.05) is 15.9 Å². The zero-order chi connectivity index (χ0) is 17.7. The van der Waals surface area contributed by atoms with E-state index in [0.717, 1.165) is 4.47 Å². The molecule has 1 N–H and O–H groups in total. The van der Waals surface area contributed by atoms with E-state index in [2.05, 4.69) is 21.2 Å². The minimum atomic E-state index is -0.794. The highest BCUT2D eigenvalue weighted by atomic mass is 79.9. The minimum Gasteiger partial charge on any atom is -0.480 e. The summed E-state index contributed by atoms with van der Waals surface area (Å²) in [6.07, 6.45) is -0.122. The summed E-state index contributed by atoms with van der Waals surface area (Å²) >= 11 is 3.27. The zero-order valence-electron chi connectivity index (χ0n) is 13.2. The number of ketones is 1. The number of ether oxygens (including phenoxy) is 1. The average molecular weight is 390 g/mol. The zero-order valence-corrected chi connectivity index (χ0v) is 14.8. The van der Waals surface area contributed by atoms with E-state index < -0.39 is 6.10 Å². The Balaban J connectivity index is 2.04. The molecule has 5 nitrogen and oxygen atoms in total. The highest BCUT2D eigenvalue weighted by Gasteiger charge is 2.17. The van der Waals surface area contributed by atoms with E-state index in [9.17, 15) is 14.4 Å². The summed E-state index contributed by atoms with van der Waals surface area (Å²) in [6.45, 7) is 3.07. The predicted molar refractivity (Wildman–Crippen MR) is 94.7 cm³/mol. The Kier molecular flexibility index (Phi) is 5.87. The first-order valence-electron chi connectivity index (χ1n) is 7.24. The van der Waals surface area contributed by atoms with E-state index in [1.807, 2.05) is 0 Å². The second kappa shape index (κ2) is 7.88. The number of carbonyl (C=O) groups excluding carboxylic acids is 3. The Bertz CT molecular complexity index is 771. The van der Waals surface area contributed by atoms with Crippen molar-refractivity contribution >= 4 is 39.6 Å². The number of nitrogens with one attached hydrogen (secondary N) is 1. The molecule has 2 aromatic rings. The van der Waals surface area contributed by atoms with E-state index >= 15 is 0 Å². The van der Waals surface area contributed by atoms with Crippen LogP contribution in [0.5, 0.6) is 5.75 Å². The molecule has 24 heavy (non-hydrogen) atoms. The van der Waals surface area contributed by atoms with Gasteiger partial charge in [0.2, 0.25) is 0 Å². The molecule has 2 aromatic carbocycles. The molecule has 1 atom stereocenters. The fraction of sp³-hybridized carbons (Fsp3) is 0.167. The third-order valence-electron chi connectivity index (χ3n) is 3.33. The molecule has 0 bridgehead atoms. The van der Waals surface area contributed by atoms with Crippen LogP contribution in [0.25, 0.3) is 0 Å². The Morgan fingerprint density at radius 3 is 2.42 bits per heavy atom. The molecule has 0 aliphatic heterocycles. The molecule has 0 unspecified atom stereocenters. The second-order valence-electron chi connectivity index (χ2n) is 5.18. The number of hydrogen-bond acceptors (Lipinski definition) is 4. The van der Waals surface area contributed by atoms with Crippen LogP contribution in [0.4, 0.5) is 5.69 Å². The van der Waals surface area contributed by atoms with Crippen LogP contribution < -0.4 is 10.1 Å². The lowest BCUT2D eigenvalue weighted by Crippen LogP contribution is -2.30. The van der Waals surface area contributed by atoms with Crippen molar-refractivity contribution in [3.8, 4) is 5.75 Å². The first-order chi connectivity index (χ1) is 11.4. The van der Waals surface area contributed by atoms with Gasteiger partial charge < -0.3 is 10.1 Å². The standard InChI is InChI=1S/C18H16BrNO4/c1-11(22)13-3-6-16(7-4-13)20-18(23)12(2)24-17-8-5-15(19)9-14(17)10-21/h3-10,12H,1-2H3,(H,20,23)/t12-/m1/s1. The number of rotatable bonds is 6. The number of hydrogen-bond donors (Lipinski definition) is 1. The molecule has 0 aliphatic carbocycles. The van der Waals surface area contributed by atoms with Crippen LogP contribution >= 0.6 is 15.9 Å². The Morgan fingerprint density at radius 1 is 1.17 bits per heavy atom. The molecule has 0 saturated heterocycles. The molecule has 0 aromatic heterocycles. The molecule has 2 rings (SSSR count). The molecule has 6 heteroatoms. The SMILES string of the molecule is CC(=O)c1ccc(NC(=O)[C@@H](C)Oc2ccc(Br)cc2C=O)cc1. The summed E-state index contributed by atoms with van der Waals surface area (Å²) in [4.78, 5) is 34.5. The fourth-order valence-electron chi connectivity index (χ4n) is 1.99. The van der Waals surface area contributed by atoms with Crippen LogP contribution in [0.1, 0.15) is 34.6 Å². The van der Waals surface area contributed by atoms with Crippen molar-refractivity contribution < 1.29 is 19.1 Å².